The molecule has 4 heteroatoms. The van der Waals surface area contributed by atoms with Crippen molar-refractivity contribution < 1.29 is 0 Å². The number of aromatic nitrogens is 1. The van der Waals surface area contributed by atoms with E-state index in [0.29, 0.717) is 5.92 Å². The average molecular weight is 427 g/mol. The summed E-state index contributed by atoms with van der Waals surface area (Å²) in [6.45, 7) is 7.10. The summed E-state index contributed by atoms with van der Waals surface area (Å²) in [6.07, 6.45) is 12.9. The van der Waals surface area contributed by atoms with Crippen molar-refractivity contribution in [1.29, 1.82) is 0 Å². The smallest absolute Gasteiger partial charge is 0.130 e. The van der Waals surface area contributed by atoms with Crippen molar-refractivity contribution in [2.75, 3.05) is 18.4 Å². The van der Waals surface area contributed by atoms with Gasteiger partial charge in [0.15, 0.2) is 0 Å². The van der Waals surface area contributed by atoms with Gasteiger partial charge in [0.05, 0.1) is 0 Å². The summed E-state index contributed by atoms with van der Waals surface area (Å²) < 4.78 is 0. The Morgan fingerprint density at radius 1 is 1.06 bits per heavy atom. The number of nitrogens with zero attached hydrogens (tertiary/aromatic N) is 3. The van der Waals surface area contributed by atoms with Crippen LogP contribution in [0, 0.1) is 11.8 Å². The lowest BCUT2D eigenvalue weighted by atomic mass is 9.76. The minimum atomic E-state index is 0.685. The molecule has 1 N–H and O–H groups in total. The number of aliphatic imine (C=N–C) groups is 1. The molecule has 0 atom stereocenters. The van der Waals surface area contributed by atoms with Crippen LogP contribution in [0.25, 0.3) is 16.3 Å². The molecule has 3 heterocycles. The first-order chi connectivity index (χ1) is 15.6. The minimum absolute atomic E-state index is 0.685. The van der Waals surface area contributed by atoms with Crippen molar-refractivity contribution in [3.8, 4) is 0 Å². The van der Waals surface area contributed by atoms with E-state index >= 15 is 0 Å². The van der Waals surface area contributed by atoms with Crippen LogP contribution in [0.15, 0.2) is 52.9 Å². The van der Waals surface area contributed by atoms with Gasteiger partial charge in [0.1, 0.15) is 5.82 Å². The second-order valence-electron chi connectivity index (χ2n) is 10.5. The summed E-state index contributed by atoms with van der Waals surface area (Å²) in [5.41, 5.74) is 6.88. The number of hydrogen-bond acceptors (Lipinski definition) is 4. The molecule has 0 unspecified atom stereocenters. The van der Waals surface area contributed by atoms with Gasteiger partial charge in [0.2, 0.25) is 0 Å². The third kappa shape index (κ3) is 4.01. The van der Waals surface area contributed by atoms with Gasteiger partial charge >= 0.3 is 0 Å². The molecule has 2 saturated carbocycles. The second-order valence-corrected chi connectivity index (χ2v) is 10.5. The van der Waals surface area contributed by atoms with Crippen molar-refractivity contribution in [2.24, 2.45) is 16.8 Å². The summed E-state index contributed by atoms with van der Waals surface area (Å²) in [5.74, 6) is 2.59. The molecule has 0 bridgehead atoms. The maximum absolute atomic E-state index is 4.76. The lowest BCUT2D eigenvalue weighted by molar-refractivity contribution is 0.0626. The van der Waals surface area contributed by atoms with Crippen LogP contribution < -0.4 is 5.32 Å². The highest BCUT2D eigenvalue weighted by Crippen LogP contribution is 2.44. The van der Waals surface area contributed by atoms with Crippen LogP contribution in [-0.4, -0.2) is 34.7 Å². The molecule has 6 rings (SSSR count). The van der Waals surface area contributed by atoms with Gasteiger partial charge in [-0.3, -0.25) is 4.99 Å². The monoisotopic (exact) mass is 426 g/mol. The minimum Gasteiger partial charge on any atom is -0.344 e. The lowest BCUT2D eigenvalue weighted by Gasteiger charge is -2.46. The van der Waals surface area contributed by atoms with Gasteiger partial charge in [-0.05, 0) is 98.7 Å². The summed E-state index contributed by atoms with van der Waals surface area (Å²) >= 11 is 0. The highest BCUT2D eigenvalue weighted by atomic mass is 15.2. The molecule has 2 aliphatic heterocycles. The molecular weight excluding hydrogens is 392 g/mol. The lowest BCUT2D eigenvalue weighted by Crippen LogP contribution is -2.48. The Balaban J connectivity index is 1.16. The number of allylic oxidation sites excluding steroid dienone is 3. The van der Waals surface area contributed by atoms with Gasteiger partial charge in [-0.15, -0.1) is 0 Å². The SMILES string of the molecule is CC1=NC=C(c2ccc3cnc(NC(=C4CC4)C4CC(N5CCC(C)CC5)C4)cc3c2)C1. The summed E-state index contributed by atoms with van der Waals surface area (Å²) in [7, 11) is 0. The number of anilines is 1. The number of fused-ring (bicyclic) bond motifs is 1. The van der Waals surface area contributed by atoms with E-state index in [1.807, 2.05) is 12.4 Å². The van der Waals surface area contributed by atoms with E-state index in [2.05, 4.69) is 53.3 Å². The molecule has 4 aliphatic rings. The molecule has 0 radical (unpaired) electrons. The van der Waals surface area contributed by atoms with Gasteiger partial charge < -0.3 is 10.2 Å². The fraction of sp³-hybridized carbons (Fsp3) is 0.500. The quantitative estimate of drug-likeness (QED) is 0.600. The standard InChI is InChI=1S/C28H34N4/c1-18-7-9-32(10-8-18)26-13-24(14-26)28(20-3-4-20)31-27-15-23-12-21(5-6-22(23)16-30-27)25-11-19(2)29-17-25/h5-6,12,15-18,24,26H,3-4,7-11,13-14H2,1-2H3,(H,30,31). The fourth-order valence-corrected chi connectivity index (χ4v) is 5.60. The van der Waals surface area contributed by atoms with E-state index in [0.717, 1.165) is 24.2 Å². The van der Waals surface area contributed by atoms with Crippen molar-refractivity contribution >= 4 is 27.9 Å². The second kappa shape index (κ2) is 8.15. The van der Waals surface area contributed by atoms with Gasteiger partial charge in [0, 0.05) is 47.6 Å². The molecule has 3 fully saturated rings. The normalized spacial score (nSPS) is 26.0. The topological polar surface area (TPSA) is 40.5 Å². The van der Waals surface area contributed by atoms with Gasteiger partial charge in [-0.25, -0.2) is 4.98 Å². The van der Waals surface area contributed by atoms with E-state index in [9.17, 15) is 0 Å². The number of pyridine rings is 1. The van der Waals surface area contributed by atoms with E-state index in [-0.39, 0.29) is 0 Å². The third-order valence-electron chi connectivity index (χ3n) is 7.98. The van der Waals surface area contributed by atoms with E-state index in [1.54, 1.807) is 5.57 Å². The first-order valence-corrected chi connectivity index (χ1v) is 12.5. The number of hydrogen-bond donors (Lipinski definition) is 1. The molecule has 1 saturated heterocycles. The Kier molecular flexibility index (Phi) is 5.14. The van der Waals surface area contributed by atoms with Crippen molar-refractivity contribution in [3.05, 3.63) is 53.5 Å². The summed E-state index contributed by atoms with van der Waals surface area (Å²) in [4.78, 5) is 12.0. The maximum atomic E-state index is 4.76. The Morgan fingerprint density at radius 3 is 2.59 bits per heavy atom. The Bertz CT molecular complexity index is 1120. The summed E-state index contributed by atoms with van der Waals surface area (Å²) in [5, 5.41) is 6.22. The van der Waals surface area contributed by atoms with Gasteiger partial charge in [0.25, 0.3) is 0 Å². The predicted molar refractivity (Wildman–Crippen MR) is 134 cm³/mol. The van der Waals surface area contributed by atoms with E-state index in [1.165, 1.54) is 84.9 Å². The van der Waals surface area contributed by atoms with Crippen LogP contribution in [-0.2, 0) is 0 Å². The Labute approximate surface area is 191 Å². The van der Waals surface area contributed by atoms with Crippen molar-refractivity contribution in [3.63, 3.8) is 0 Å². The van der Waals surface area contributed by atoms with E-state index in [4.69, 9.17) is 4.98 Å². The first kappa shape index (κ1) is 20.2. The molecule has 2 aliphatic carbocycles. The number of benzene rings is 1. The Morgan fingerprint density at radius 2 is 1.88 bits per heavy atom. The molecule has 1 aromatic heterocycles. The van der Waals surface area contributed by atoms with Crippen LogP contribution in [0.5, 0.6) is 0 Å². The Hall–Kier alpha value is -2.46. The molecular formula is C28H34N4. The van der Waals surface area contributed by atoms with Gasteiger partial charge in [-0.1, -0.05) is 19.1 Å². The largest absolute Gasteiger partial charge is 0.344 e. The number of nitrogens with one attached hydrogen (secondary N) is 1. The molecule has 0 spiro atoms. The molecule has 4 nitrogen and oxygen atoms in total. The van der Waals surface area contributed by atoms with Crippen LogP contribution in [0.4, 0.5) is 5.82 Å². The third-order valence-corrected chi connectivity index (χ3v) is 7.98. The van der Waals surface area contributed by atoms with Crippen LogP contribution in [0.1, 0.15) is 64.4 Å². The number of piperidine rings is 1. The fourth-order valence-electron chi connectivity index (χ4n) is 5.60. The van der Waals surface area contributed by atoms with Crippen LogP contribution in [0.3, 0.4) is 0 Å². The highest BCUT2D eigenvalue weighted by Gasteiger charge is 2.39. The molecule has 2 aromatic rings. The van der Waals surface area contributed by atoms with E-state index < -0.39 is 0 Å². The average Bonchev–Trinajstić information content (AvgIpc) is 3.53. The predicted octanol–water partition coefficient (Wildman–Crippen LogP) is 6.41. The molecule has 0 amide bonds. The zero-order chi connectivity index (χ0) is 21.7. The molecule has 1 aromatic carbocycles. The summed E-state index contributed by atoms with van der Waals surface area (Å²) in [6, 6.07) is 9.70. The maximum Gasteiger partial charge on any atom is 0.130 e. The van der Waals surface area contributed by atoms with Crippen molar-refractivity contribution in [2.45, 2.75) is 64.8 Å². The first-order valence-electron chi connectivity index (χ1n) is 12.5. The zero-order valence-corrected chi connectivity index (χ0v) is 19.4. The van der Waals surface area contributed by atoms with Crippen LogP contribution >= 0.6 is 0 Å². The number of likely N-dealkylation sites (tertiary alicyclic amines) is 1. The molecule has 32 heavy (non-hydrogen) atoms. The van der Waals surface area contributed by atoms with Crippen LogP contribution in [0.2, 0.25) is 0 Å². The zero-order valence-electron chi connectivity index (χ0n) is 19.4. The van der Waals surface area contributed by atoms with Crippen molar-refractivity contribution in [1.82, 2.24) is 9.88 Å². The molecule has 166 valence electrons. The highest BCUT2D eigenvalue weighted by molar-refractivity contribution is 5.98. The van der Waals surface area contributed by atoms with Gasteiger partial charge in [-0.2, -0.15) is 0 Å². The number of rotatable bonds is 5.